The molecule has 0 fully saturated rings. The first-order chi connectivity index (χ1) is 8.09. The van der Waals surface area contributed by atoms with Crippen LogP contribution in [0.15, 0.2) is 30.3 Å². The van der Waals surface area contributed by atoms with Gasteiger partial charge in [-0.3, -0.25) is 9.59 Å². The molecule has 18 heavy (non-hydrogen) atoms. The van der Waals surface area contributed by atoms with Gasteiger partial charge in [0.1, 0.15) is 6.61 Å². The zero-order chi connectivity index (χ0) is 12.7. The lowest BCUT2D eigenvalue weighted by molar-refractivity contribution is -0.145. The number of amides is 1. The maximum Gasteiger partial charge on any atom is 0.306 e. The lowest BCUT2D eigenvalue weighted by atomic mass is 10.1. The van der Waals surface area contributed by atoms with E-state index in [1.54, 1.807) is 0 Å². The van der Waals surface area contributed by atoms with Gasteiger partial charge in [-0.1, -0.05) is 30.3 Å². The zero-order valence-electron chi connectivity index (χ0n) is 9.87. The van der Waals surface area contributed by atoms with Gasteiger partial charge in [-0.25, -0.2) is 0 Å². The highest BCUT2D eigenvalue weighted by Gasteiger charge is 2.12. The maximum absolute atomic E-state index is 11.3. The third kappa shape index (κ3) is 6.22. The standard InChI is InChI=1S/C12H16N2O3.ClH/c13-10(12(14)16)6-7-11(15)17-8-9-4-2-1-3-5-9;/h1-5,10H,6-8,13H2,(H2,14,16);1H/t10-;/m0./s1. The third-order valence-electron chi connectivity index (χ3n) is 2.27. The summed E-state index contributed by atoms with van der Waals surface area (Å²) < 4.78 is 5.01. The molecule has 1 rings (SSSR count). The minimum atomic E-state index is -0.792. The number of benzene rings is 1. The quantitative estimate of drug-likeness (QED) is 0.747. The molecule has 1 atom stereocenters. The van der Waals surface area contributed by atoms with Gasteiger partial charge >= 0.3 is 5.97 Å². The van der Waals surface area contributed by atoms with Crippen LogP contribution in [0.3, 0.4) is 0 Å². The molecule has 6 heteroatoms. The zero-order valence-corrected chi connectivity index (χ0v) is 10.7. The van der Waals surface area contributed by atoms with Crippen molar-refractivity contribution in [2.75, 3.05) is 0 Å². The summed E-state index contributed by atoms with van der Waals surface area (Å²) in [5.74, 6) is -0.994. The average Bonchev–Trinajstić information content (AvgIpc) is 2.34. The number of hydrogen-bond acceptors (Lipinski definition) is 4. The average molecular weight is 273 g/mol. The molecule has 1 aromatic rings. The molecule has 4 N–H and O–H groups in total. The smallest absolute Gasteiger partial charge is 0.306 e. The van der Waals surface area contributed by atoms with E-state index in [2.05, 4.69) is 0 Å². The molecule has 1 aromatic carbocycles. The number of rotatable bonds is 6. The minimum absolute atomic E-state index is 0. The fourth-order valence-electron chi connectivity index (χ4n) is 1.23. The first kappa shape index (κ1) is 16.4. The SMILES string of the molecule is Cl.NC(=O)[C@@H](N)CCC(=O)OCc1ccccc1. The van der Waals surface area contributed by atoms with Gasteiger partial charge in [0.2, 0.25) is 5.91 Å². The Labute approximate surface area is 112 Å². The first-order valence-electron chi connectivity index (χ1n) is 5.34. The summed E-state index contributed by atoms with van der Waals surface area (Å²) in [4.78, 5) is 21.9. The molecular weight excluding hydrogens is 256 g/mol. The fraction of sp³-hybridized carbons (Fsp3) is 0.333. The van der Waals surface area contributed by atoms with Crippen LogP contribution in [0, 0.1) is 0 Å². The number of carbonyl (C=O) groups is 2. The van der Waals surface area contributed by atoms with E-state index < -0.39 is 11.9 Å². The van der Waals surface area contributed by atoms with Crippen LogP contribution in [0.2, 0.25) is 0 Å². The van der Waals surface area contributed by atoms with Crippen LogP contribution in [-0.4, -0.2) is 17.9 Å². The second kappa shape index (κ2) is 8.49. The minimum Gasteiger partial charge on any atom is -0.461 e. The molecule has 0 saturated carbocycles. The van der Waals surface area contributed by atoms with Crippen molar-refractivity contribution in [1.29, 1.82) is 0 Å². The van der Waals surface area contributed by atoms with Crippen LogP contribution < -0.4 is 11.5 Å². The van der Waals surface area contributed by atoms with Gasteiger partial charge in [0.15, 0.2) is 0 Å². The van der Waals surface area contributed by atoms with E-state index >= 15 is 0 Å². The predicted octanol–water partition coefficient (Wildman–Crippen LogP) is 0.744. The Morgan fingerprint density at radius 3 is 2.39 bits per heavy atom. The summed E-state index contributed by atoms with van der Waals surface area (Å²) in [6, 6.07) is 8.56. The molecular formula is C12H17ClN2O3. The lowest BCUT2D eigenvalue weighted by Gasteiger charge is -2.07. The first-order valence-corrected chi connectivity index (χ1v) is 5.34. The van der Waals surface area contributed by atoms with Crippen LogP contribution in [0.5, 0.6) is 0 Å². The molecule has 5 nitrogen and oxygen atoms in total. The second-order valence-electron chi connectivity index (χ2n) is 3.69. The van der Waals surface area contributed by atoms with Gasteiger partial charge in [0.25, 0.3) is 0 Å². The van der Waals surface area contributed by atoms with Gasteiger partial charge in [-0.15, -0.1) is 12.4 Å². The van der Waals surface area contributed by atoms with E-state index in [1.165, 1.54) is 0 Å². The largest absolute Gasteiger partial charge is 0.461 e. The van der Waals surface area contributed by atoms with E-state index in [9.17, 15) is 9.59 Å². The molecule has 0 bridgehead atoms. The third-order valence-corrected chi connectivity index (χ3v) is 2.27. The summed E-state index contributed by atoms with van der Waals surface area (Å²) in [6.07, 6.45) is 0.305. The molecule has 0 aliphatic heterocycles. The van der Waals surface area contributed by atoms with Crippen molar-refractivity contribution in [1.82, 2.24) is 0 Å². The van der Waals surface area contributed by atoms with Gasteiger partial charge in [-0.2, -0.15) is 0 Å². The Bertz CT molecular complexity index is 384. The van der Waals surface area contributed by atoms with E-state index in [0.29, 0.717) is 0 Å². The predicted molar refractivity (Wildman–Crippen MR) is 69.9 cm³/mol. The number of esters is 1. The number of carbonyl (C=O) groups excluding carboxylic acids is 2. The van der Waals surface area contributed by atoms with E-state index in [1.807, 2.05) is 30.3 Å². The summed E-state index contributed by atoms with van der Waals surface area (Å²) in [5, 5.41) is 0. The molecule has 0 heterocycles. The van der Waals surface area contributed by atoms with Crippen molar-refractivity contribution in [3.63, 3.8) is 0 Å². The van der Waals surface area contributed by atoms with Crippen LogP contribution in [-0.2, 0) is 20.9 Å². The molecule has 0 aromatic heterocycles. The van der Waals surface area contributed by atoms with E-state index in [4.69, 9.17) is 16.2 Å². The molecule has 0 saturated heterocycles. The highest BCUT2D eigenvalue weighted by molar-refractivity contribution is 5.85. The normalized spacial score (nSPS) is 11.2. The molecule has 0 aliphatic rings. The van der Waals surface area contributed by atoms with Crippen molar-refractivity contribution >= 4 is 24.3 Å². The Morgan fingerprint density at radius 2 is 1.83 bits per heavy atom. The van der Waals surface area contributed by atoms with Gasteiger partial charge in [-0.05, 0) is 12.0 Å². The summed E-state index contributed by atoms with van der Waals surface area (Å²) in [7, 11) is 0. The second-order valence-corrected chi connectivity index (χ2v) is 3.69. The van der Waals surface area contributed by atoms with Crippen LogP contribution in [0.1, 0.15) is 18.4 Å². The number of ether oxygens (including phenoxy) is 1. The Balaban J connectivity index is 0.00000289. The van der Waals surface area contributed by atoms with Crippen molar-refractivity contribution < 1.29 is 14.3 Å². The van der Waals surface area contributed by atoms with Gasteiger partial charge in [0, 0.05) is 6.42 Å². The summed E-state index contributed by atoms with van der Waals surface area (Å²) in [6.45, 7) is 0.228. The molecule has 0 radical (unpaired) electrons. The molecule has 1 amide bonds. The lowest BCUT2D eigenvalue weighted by Crippen LogP contribution is -2.36. The molecule has 0 spiro atoms. The van der Waals surface area contributed by atoms with E-state index in [0.717, 1.165) is 5.56 Å². The molecule has 0 unspecified atom stereocenters. The topological polar surface area (TPSA) is 95.4 Å². The molecule has 0 aliphatic carbocycles. The van der Waals surface area contributed by atoms with Crippen molar-refractivity contribution in [2.45, 2.75) is 25.5 Å². The summed E-state index contributed by atoms with van der Waals surface area (Å²) in [5.41, 5.74) is 11.3. The van der Waals surface area contributed by atoms with Crippen LogP contribution >= 0.6 is 12.4 Å². The Hall–Kier alpha value is -1.59. The van der Waals surface area contributed by atoms with Gasteiger partial charge in [0.05, 0.1) is 6.04 Å². The van der Waals surface area contributed by atoms with Crippen LogP contribution in [0.25, 0.3) is 0 Å². The Kier molecular flexibility index (Phi) is 7.74. The highest BCUT2D eigenvalue weighted by Crippen LogP contribution is 2.03. The highest BCUT2D eigenvalue weighted by atomic mass is 35.5. The van der Waals surface area contributed by atoms with Crippen molar-refractivity contribution in [3.8, 4) is 0 Å². The maximum atomic E-state index is 11.3. The fourth-order valence-corrected chi connectivity index (χ4v) is 1.23. The number of primary amides is 1. The number of nitrogens with two attached hydrogens (primary N) is 2. The van der Waals surface area contributed by atoms with Gasteiger partial charge < -0.3 is 16.2 Å². The van der Waals surface area contributed by atoms with Crippen molar-refractivity contribution in [2.24, 2.45) is 11.5 Å². The number of halogens is 1. The molecule has 100 valence electrons. The van der Waals surface area contributed by atoms with Crippen LogP contribution in [0.4, 0.5) is 0 Å². The van der Waals surface area contributed by atoms with Crippen molar-refractivity contribution in [3.05, 3.63) is 35.9 Å². The summed E-state index contributed by atoms with van der Waals surface area (Å²) >= 11 is 0. The monoisotopic (exact) mass is 272 g/mol. The Morgan fingerprint density at radius 1 is 1.22 bits per heavy atom. The number of hydrogen-bond donors (Lipinski definition) is 2. The van der Waals surface area contributed by atoms with E-state index in [-0.39, 0.29) is 37.8 Å².